The van der Waals surface area contributed by atoms with Gasteiger partial charge in [-0.2, -0.15) is 0 Å². The van der Waals surface area contributed by atoms with Gasteiger partial charge in [0.05, 0.1) is 0 Å². The van der Waals surface area contributed by atoms with Gasteiger partial charge in [-0.25, -0.2) is 0 Å². The molecule has 1 amide bonds. The van der Waals surface area contributed by atoms with Crippen LogP contribution in [0.5, 0.6) is 0 Å². The Labute approximate surface area is 219 Å². The molecule has 2 aromatic rings. The number of amides is 1. The molecule has 1 fully saturated rings. The van der Waals surface area contributed by atoms with Crippen molar-refractivity contribution in [2.45, 2.75) is 78.1 Å². The summed E-state index contributed by atoms with van der Waals surface area (Å²) >= 11 is 0. The number of aryl methyl sites for hydroxylation is 1. The van der Waals surface area contributed by atoms with Crippen LogP contribution in [0.1, 0.15) is 77.2 Å². The Hall–Kier alpha value is -2.63. The van der Waals surface area contributed by atoms with Crippen molar-refractivity contribution in [2.75, 3.05) is 6.54 Å². The lowest BCUT2D eigenvalue weighted by molar-refractivity contribution is -0.121. The minimum absolute atomic E-state index is 0.164. The first-order chi connectivity index (χ1) is 17.6. The summed E-state index contributed by atoms with van der Waals surface area (Å²) in [6, 6.07) is 19.4. The van der Waals surface area contributed by atoms with E-state index in [2.05, 4.69) is 53.9 Å². The van der Waals surface area contributed by atoms with Crippen molar-refractivity contribution in [1.29, 1.82) is 0 Å². The highest BCUT2D eigenvalue weighted by Crippen LogP contribution is 2.25. The van der Waals surface area contributed by atoms with Gasteiger partial charge in [-0.15, -0.1) is 0 Å². The molecule has 1 saturated carbocycles. The smallest absolute Gasteiger partial charge is 0.423 e. The minimum Gasteiger partial charge on any atom is -0.423 e. The molecule has 0 radical (unpaired) electrons. The maximum Gasteiger partial charge on any atom is 0.488 e. The van der Waals surface area contributed by atoms with Gasteiger partial charge < -0.3 is 15.4 Å². The highest BCUT2D eigenvalue weighted by molar-refractivity contribution is 6.58. The molecule has 0 atom stereocenters. The summed E-state index contributed by atoms with van der Waals surface area (Å²) in [5.41, 5.74) is 1.99. The second kappa shape index (κ2) is 21.6. The maximum absolute atomic E-state index is 10.9. The number of hydrogen-bond acceptors (Lipinski definition) is 3. The van der Waals surface area contributed by atoms with Crippen molar-refractivity contribution < 1.29 is 14.8 Å². The number of rotatable bonds is 11. The van der Waals surface area contributed by atoms with Crippen LogP contribution in [0.3, 0.4) is 0 Å². The fourth-order valence-corrected chi connectivity index (χ4v) is 3.97. The van der Waals surface area contributed by atoms with Crippen molar-refractivity contribution in [1.82, 2.24) is 5.32 Å². The van der Waals surface area contributed by atoms with Crippen molar-refractivity contribution >= 4 is 18.5 Å². The Morgan fingerprint density at radius 1 is 0.944 bits per heavy atom. The molecule has 3 rings (SSSR count). The van der Waals surface area contributed by atoms with Crippen LogP contribution in [0.4, 0.5) is 0 Å². The number of allylic oxidation sites excluding steroid dienone is 4. The molecule has 0 bridgehead atoms. The predicted molar refractivity (Wildman–Crippen MR) is 154 cm³/mol. The summed E-state index contributed by atoms with van der Waals surface area (Å²) in [5, 5.41) is 19.9. The van der Waals surface area contributed by atoms with Gasteiger partial charge in [-0.3, -0.25) is 4.79 Å². The van der Waals surface area contributed by atoms with Gasteiger partial charge in [0.1, 0.15) is 0 Å². The van der Waals surface area contributed by atoms with E-state index in [4.69, 9.17) is 10.0 Å². The molecule has 0 aromatic heterocycles. The molecule has 0 heterocycles. The second-order valence-corrected chi connectivity index (χ2v) is 9.05. The fraction of sp³-hybridized carbons (Fsp3) is 0.452. The van der Waals surface area contributed by atoms with Crippen molar-refractivity contribution in [3.8, 4) is 0 Å². The summed E-state index contributed by atoms with van der Waals surface area (Å²) in [7, 11) is -1.34. The van der Waals surface area contributed by atoms with E-state index in [-0.39, 0.29) is 5.91 Å². The lowest BCUT2D eigenvalue weighted by atomic mass is 9.81. The molecule has 36 heavy (non-hydrogen) atoms. The zero-order valence-electron chi connectivity index (χ0n) is 22.3. The molecule has 2 aromatic carbocycles. The number of carbonyl (C=O) groups excluding carboxylic acids is 1. The lowest BCUT2D eigenvalue weighted by Crippen LogP contribution is -2.29. The summed E-state index contributed by atoms with van der Waals surface area (Å²) in [6.45, 7) is 4.67. The standard InChI is InChI=1S/C16H22.C9H17NO.C6H7BO2/c1-3-9-15(10-4-1)11-5-2-6-12-16-13-7-8-14-16;1-3-5-6-7-8-9(11)10-4-2;8-7(9)6-4-2-1-3-5-6/h1,3-4,6,9-10,12,16H,2,5,7-8,11,13-14H2;3,5H,4,6-8H2,1-2H3,(H,10,11);1-5,8-9H/b12-6+;5-3-;. The first kappa shape index (κ1) is 31.4. The number of hydrogen-bond donors (Lipinski definition) is 3. The van der Waals surface area contributed by atoms with Gasteiger partial charge in [0.25, 0.3) is 0 Å². The number of carbonyl (C=O) groups is 1. The van der Waals surface area contributed by atoms with E-state index in [1.165, 1.54) is 50.5 Å². The van der Waals surface area contributed by atoms with E-state index >= 15 is 0 Å². The third-order valence-electron chi connectivity index (χ3n) is 5.97. The quantitative estimate of drug-likeness (QED) is 0.205. The summed E-state index contributed by atoms with van der Waals surface area (Å²) < 4.78 is 0. The fourth-order valence-electron chi connectivity index (χ4n) is 3.97. The van der Waals surface area contributed by atoms with Gasteiger partial charge in [0.2, 0.25) is 5.91 Å². The molecule has 0 aliphatic heterocycles. The molecule has 0 saturated heterocycles. The Morgan fingerprint density at radius 3 is 2.11 bits per heavy atom. The topological polar surface area (TPSA) is 69.6 Å². The highest BCUT2D eigenvalue weighted by Gasteiger charge is 2.10. The monoisotopic (exact) mass is 491 g/mol. The molecular weight excluding hydrogens is 445 g/mol. The van der Waals surface area contributed by atoms with E-state index in [1.54, 1.807) is 24.3 Å². The number of unbranched alkanes of at least 4 members (excludes halogenated alkanes) is 2. The molecular formula is C31H46BNO3. The molecule has 1 aliphatic rings. The molecule has 196 valence electrons. The average Bonchev–Trinajstić information content (AvgIpc) is 3.42. The molecule has 0 unspecified atom stereocenters. The SMILES string of the molecule is C(=C\C1CCCC1)/CCCc1ccccc1.C/C=C\CCCC(=O)NCC.OB(O)c1ccccc1. The third-order valence-corrected chi connectivity index (χ3v) is 5.97. The largest absolute Gasteiger partial charge is 0.488 e. The van der Waals surface area contributed by atoms with E-state index in [0.717, 1.165) is 25.3 Å². The third kappa shape index (κ3) is 16.9. The lowest BCUT2D eigenvalue weighted by Gasteiger charge is -2.01. The van der Waals surface area contributed by atoms with Gasteiger partial charge in [0, 0.05) is 13.0 Å². The van der Waals surface area contributed by atoms with Crippen LogP contribution in [-0.2, 0) is 11.2 Å². The van der Waals surface area contributed by atoms with Crippen LogP contribution in [0.25, 0.3) is 0 Å². The van der Waals surface area contributed by atoms with Crippen LogP contribution in [0, 0.1) is 5.92 Å². The Balaban J connectivity index is 0.000000285. The van der Waals surface area contributed by atoms with Gasteiger partial charge >= 0.3 is 7.12 Å². The van der Waals surface area contributed by atoms with E-state index in [9.17, 15) is 4.79 Å². The molecule has 4 nitrogen and oxygen atoms in total. The molecule has 3 N–H and O–H groups in total. The molecule has 5 heteroatoms. The molecule has 1 aliphatic carbocycles. The van der Waals surface area contributed by atoms with E-state index < -0.39 is 7.12 Å². The van der Waals surface area contributed by atoms with Gasteiger partial charge in [-0.05, 0) is 75.7 Å². The van der Waals surface area contributed by atoms with Gasteiger partial charge in [0.15, 0.2) is 0 Å². The average molecular weight is 492 g/mol. The predicted octanol–water partition coefficient (Wildman–Crippen LogP) is 5.99. The van der Waals surface area contributed by atoms with Crippen LogP contribution in [0.15, 0.2) is 85.0 Å². The Kier molecular flexibility index (Phi) is 18.9. The zero-order valence-corrected chi connectivity index (χ0v) is 22.3. The summed E-state index contributed by atoms with van der Waals surface area (Å²) in [4.78, 5) is 10.9. The number of benzene rings is 2. The first-order valence-corrected chi connectivity index (χ1v) is 13.6. The van der Waals surface area contributed by atoms with Crippen LogP contribution < -0.4 is 10.8 Å². The van der Waals surface area contributed by atoms with Crippen molar-refractivity contribution in [3.05, 3.63) is 90.5 Å². The molecule has 0 spiro atoms. The van der Waals surface area contributed by atoms with E-state index in [1.807, 2.05) is 26.0 Å². The van der Waals surface area contributed by atoms with Crippen molar-refractivity contribution in [3.63, 3.8) is 0 Å². The normalized spacial score (nSPS) is 13.1. The minimum atomic E-state index is -1.34. The highest BCUT2D eigenvalue weighted by atomic mass is 16.4. The maximum atomic E-state index is 10.9. The zero-order chi connectivity index (χ0) is 26.3. The van der Waals surface area contributed by atoms with E-state index in [0.29, 0.717) is 11.9 Å². The van der Waals surface area contributed by atoms with Crippen LogP contribution in [0.2, 0.25) is 0 Å². The second-order valence-electron chi connectivity index (χ2n) is 9.05. The first-order valence-electron chi connectivity index (χ1n) is 13.6. The van der Waals surface area contributed by atoms with Crippen LogP contribution in [-0.4, -0.2) is 29.6 Å². The Morgan fingerprint density at radius 2 is 1.56 bits per heavy atom. The van der Waals surface area contributed by atoms with Crippen LogP contribution >= 0.6 is 0 Å². The van der Waals surface area contributed by atoms with Crippen molar-refractivity contribution in [2.24, 2.45) is 5.92 Å². The van der Waals surface area contributed by atoms with Gasteiger partial charge in [-0.1, -0.05) is 97.8 Å². The summed E-state index contributed by atoms with van der Waals surface area (Å²) in [5.74, 6) is 1.06. The summed E-state index contributed by atoms with van der Waals surface area (Å²) in [6.07, 6.45) is 21.0. The Bertz CT molecular complexity index is 831. The number of nitrogens with one attached hydrogen (secondary N) is 1.